The molecular weight excluding hydrogens is 368 g/mol. The number of ketones is 1. The van der Waals surface area contributed by atoms with E-state index in [1.165, 1.54) is 0 Å². The molecule has 5 rings (SSSR count). The van der Waals surface area contributed by atoms with Crippen molar-refractivity contribution in [1.29, 1.82) is 0 Å². The van der Waals surface area contributed by atoms with Gasteiger partial charge >= 0.3 is 0 Å². The maximum Gasteiger partial charge on any atom is 0.295 e. The summed E-state index contributed by atoms with van der Waals surface area (Å²) in [5.74, 6) is 1.30. The van der Waals surface area contributed by atoms with Gasteiger partial charge in [-0.2, -0.15) is 4.98 Å². The Morgan fingerprint density at radius 3 is 2.90 bits per heavy atom. The Balaban J connectivity index is 1.29. The highest BCUT2D eigenvalue weighted by molar-refractivity contribution is 6.45. The number of nitrogens with zero attached hydrogens (tertiary/aromatic N) is 3. The van der Waals surface area contributed by atoms with Gasteiger partial charge in [0.15, 0.2) is 5.82 Å². The van der Waals surface area contributed by atoms with E-state index >= 15 is 0 Å². The van der Waals surface area contributed by atoms with Crippen molar-refractivity contribution in [1.82, 2.24) is 20.0 Å². The number of carbonyl (C=O) groups excluding carboxylic acids is 2. The number of aromatic nitrogens is 3. The van der Waals surface area contributed by atoms with E-state index in [0.717, 1.165) is 48.1 Å². The molecule has 150 valence electrons. The van der Waals surface area contributed by atoms with Gasteiger partial charge in [0.05, 0.1) is 5.56 Å². The van der Waals surface area contributed by atoms with Crippen LogP contribution in [0, 0.1) is 12.8 Å². The predicted octanol–water partition coefficient (Wildman–Crippen LogP) is 3.40. The van der Waals surface area contributed by atoms with Gasteiger partial charge in [-0.3, -0.25) is 9.59 Å². The number of H-pyrrole nitrogens is 1. The van der Waals surface area contributed by atoms with Gasteiger partial charge in [0, 0.05) is 42.0 Å². The fourth-order valence-corrected chi connectivity index (χ4v) is 4.34. The molecule has 1 aliphatic heterocycles. The van der Waals surface area contributed by atoms with E-state index in [2.05, 4.69) is 15.1 Å². The first kappa shape index (κ1) is 18.1. The van der Waals surface area contributed by atoms with Crippen molar-refractivity contribution in [2.75, 3.05) is 13.1 Å². The van der Waals surface area contributed by atoms with Gasteiger partial charge in [-0.05, 0) is 44.6 Å². The lowest BCUT2D eigenvalue weighted by Crippen LogP contribution is -2.44. The highest BCUT2D eigenvalue weighted by atomic mass is 16.5. The van der Waals surface area contributed by atoms with Crippen LogP contribution in [0.25, 0.3) is 10.9 Å². The van der Waals surface area contributed by atoms with Gasteiger partial charge in [-0.25, -0.2) is 0 Å². The van der Waals surface area contributed by atoms with Crippen molar-refractivity contribution < 1.29 is 14.1 Å². The number of nitrogens with one attached hydrogen (secondary N) is 1. The van der Waals surface area contributed by atoms with Crippen molar-refractivity contribution in [3.05, 3.63) is 47.2 Å². The minimum absolute atomic E-state index is 0.233. The van der Waals surface area contributed by atoms with Crippen molar-refractivity contribution in [2.24, 2.45) is 5.92 Å². The third kappa shape index (κ3) is 3.45. The quantitative estimate of drug-likeness (QED) is 0.531. The first-order valence-electron chi connectivity index (χ1n) is 10.3. The van der Waals surface area contributed by atoms with E-state index in [0.29, 0.717) is 36.9 Å². The maximum atomic E-state index is 13.0. The zero-order chi connectivity index (χ0) is 20.0. The molecule has 2 aromatic heterocycles. The molecule has 1 saturated heterocycles. The third-order valence-corrected chi connectivity index (χ3v) is 6.01. The number of para-hydroxylation sites is 1. The average Bonchev–Trinajstić information content (AvgIpc) is 3.38. The van der Waals surface area contributed by atoms with Gasteiger partial charge in [0.25, 0.3) is 11.7 Å². The second-order valence-electron chi connectivity index (χ2n) is 8.28. The summed E-state index contributed by atoms with van der Waals surface area (Å²) in [6, 6.07) is 7.59. The first-order chi connectivity index (χ1) is 14.1. The molecule has 0 bridgehead atoms. The number of hydrogen-bond acceptors (Lipinski definition) is 5. The largest absolute Gasteiger partial charge is 0.358 e. The molecule has 3 heterocycles. The number of Topliss-reactive ketones (excluding diaryl/α,β-unsaturated/α-hetero) is 1. The topological polar surface area (TPSA) is 92.1 Å². The summed E-state index contributed by atoms with van der Waals surface area (Å²) in [4.78, 5) is 35.4. The zero-order valence-corrected chi connectivity index (χ0v) is 16.5. The van der Waals surface area contributed by atoms with E-state index in [-0.39, 0.29) is 5.92 Å². The van der Waals surface area contributed by atoms with Gasteiger partial charge < -0.3 is 14.4 Å². The Kier molecular flexibility index (Phi) is 4.45. The van der Waals surface area contributed by atoms with Crippen LogP contribution in [-0.4, -0.2) is 44.8 Å². The Bertz CT molecular complexity index is 1080. The molecule has 1 saturated carbocycles. The Labute approximate surface area is 168 Å². The molecule has 1 aromatic carbocycles. The Morgan fingerprint density at radius 1 is 1.24 bits per heavy atom. The van der Waals surface area contributed by atoms with Crippen molar-refractivity contribution in [2.45, 2.75) is 44.9 Å². The summed E-state index contributed by atoms with van der Waals surface area (Å²) < 4.78 is 5.40. The van der Waals surface area contributed by atoms with E-state index in [4.69, 9.17) is 4.52 Å². The van der Waals surface area contributed by atoms with E-state index in [1.54, 1.807) is 4.90 Å². The molecule has 29 heavy (non-hydrogen) atoms. The van der Waals surface area contributed by atoms with Crippen LogP contribution < -0.4 is 0 Å². The predicted molar refractivity (Wildman–Crippen MR) is 107 cm³/mol. The molecule has 1 aliphatic carbocycles. The number of fused-ring (bicyclic) bond motifs is 1. The smallest absolute Gasteiger partial charge is 0.295 e. The number of aromatic amines is 1. The first-order valence-corrected chi connectivity index (χ1v) is 10.3. The summed E-state index contributed by atoms with van der Waals surface area (Å²) in [6.45, 7) is 3.00. The van der Waals surface area contributed by atoms with Crippen molar-refractivity contribution >= 4 is 22.6 Å². The van der Waals surface area contributed by atoms with Crippen LogP contribution >= 0.6 is 0 Å². The number of hydrogen-bond donors (Lipinski definition) is 1. The lowest BCUT2D eigenvalue weighted by atomic mass is 9.94. The number of benzene rings is 1. The van der Waals surface area contributed by atoms with Crippen molar-refractivity contribution in [3.8, 4) is 0 Å². The molecule has 0 spiro atoms. The standard InChI is InChI=1S/C22H24N4O3/c1-13-19(16-6-2-3-7-17(16)23-13)20(27)22(28)26-10-4-5-14(12-26)11-18-24-21(25-29-18)15-8-9-15/h2-3,6-7,14-15,23H,4-5,8-12H2,1H3. The number of piperidine rings is 1. The second kappa shape index (κ2) is 7.13. The van der Waals surface area contributed by atoms with E-state index in [9.17, 15) is 9.59 Å². The van der Waals surface area contributed by atoms with Crippen LogP contribution in [0.3, 0.4) is 0 Å². The Morgan fingerprint density at radius 2 is 2.07 bits per heavy atom. The minimum Gasteiger partial charge on any atom is -0.358 e. The molecule has 7 heteroatoms. The molecule has 1 unspecified atom stereocenters. The molecule has 3 aromatic rings. The number of likely N-dealkylation sites (tertiary alicyclic amines) is 1. The van der Waals surface area contributed by atoms with Gasteiger partial charge in [-0.15, -0.1) is 0 Å². The Hall–Kier alpha value is -2.96. The SMILES string of the molecule is Cc1[nH]c2ccccc2c1C(=O)C(=O)N1CCCC(Cc2nc(C3CC3)no2)C1. The lowest BCUT2D eigenvalue weighted by Gasteiger charge is -2.31. The minimum atomic E-state index is -0.436. The lowest BCUT2D eigenvalue weighted by molar-refractivity contribution is -0.128. The zero-order valence-electron chi connectivity index (χ0n) is 16.5. The summed E-state index contributed by atoms with van der Waals surface area (Å²) in [5, 5.41) is 4.88. The second-order valence-corrected chi connectivity index (χ2v) is 8.28. The fraction of sp³-hybridized carbons (Fsp3) is 0.455. The molecule has 7 nitrogen and oxygen atoms in total. The fourth-order valence-electron chi connectivity index (χ4n) is 4.34. The van der Waals surface area contributed by atoms with Crippen LogP contribution in [0.2, 0.25) is 0 Å². The maximum absolute atomic E-state index is 13.0. The molecule has 2 fully saturated rings. The average molecular weight is 392 g/mol. The number of rotatable bonds is 5. The highest BCUT2D eigenvalue weighted by Gasteiger charge is 2.32. The summed E-state index contributed by atoms with van der Waals surface area (Å²) in [6.07, 6.45) is 4.80. The number of amides is 1. The van der Waals surface area contributed by atoms with Crippen LogP contribution in [0.1, 0.15) is 59.4 Å². The monoisotopic (exact) mass is 392 g/mol. The number of carbonyl (C=O) groups is 2. The molecule has 1 amide bonds. The normalized spacial score (nSPS) is 19.6. The summed E-state index contributed by atoms with van der Waals surface area (Å²) in [7, 11) is 0. The van der Waals surface area contributed by atoms with Crippen LogP contribution in [0.4, 0.5) is 0 Å². The van der Waals surface area contributed by atoms with E-state index in [1.807, 2.05) is 31.2 Å². The van der Waals surface area contributed by atoms with Gasteiger partial charge in [0.1, 0.15) is 0 Å². The van der Waals surface area contributed by atoms with Crippen LogP contribution in [-0.2, 0) is 11.2 Å². The molecule has 1 atom stereocenters. The summed E-state index contributed by atoms with van der Waals surface area (Å²) >= 11 is 0. The number of aryl methyl sites for hydroxylation is 1. The molecule has 0 radical (unpaired) electrons. The third-order valence-electron chi connectivity index (χ3n) is 6.01. The summed E-state index contributed by atoms with van der Waals surface area (Å²) in [5.41, 5.74) is 2.09. The van der Waals surface area contributed by atoms with Gasteiger partial charge in [-0.1, -0.05) is 23.4 Å². The molecule has 1 N–H and O–H groups in total. The van der Waals surface area contributed by atoms with Gasteiger partial charge in [0.2, 0.25) is 5.89 Å². The van der Waals surface area contributed by atoms with Crippen LogP contribution in [0.15, 0.2) is 28.8 Å². The molecular formula is C22H24N4O3. The van der Waals surface area contributed by atoms with Crippen molar-refractivity contribution in [3.63, 3.8) is 0 Å². The van der Waals surface area contributed by atoms with Crippen LogP contribution in [0.5, 0.6) is 0 Å². The van der Waals surface area contributed by atoms with E-state index < -0.39 is 11.7 Å². The highest BCUT2D eigenvalue weighted by Crippen LogP contribution is 2.38. The molecule has 2 aliphatic rings.